The predicted molar refractivity (Wildman–Crippen MR) is 43.0 cm³/mol. The van der Waals surface area contributed by atoms with Gasteiger partial charge in [0, 0.05) is 9.36 Å². The Morgan fingerprint density at radius 3 is 2.11 bits per heavy atom. The highest BCUT2D eigenvalue weighted by molar-refractivity contribution is 9.10. The monoisotopic (exact) mass is 206 g/mol. The molecule has 9 heavy (non-hydrogen) atoms. The van der Waals surface area contributed by atoms with Crippen LogP contribution in [0.3, 0.4) is 0 Å². The number of allylic oxidation sites excluding steroid dienone is 2. The van der Waals surface area contributed by atoms with Gasteiger partial charge in [0.1, 0.15) is 0 Å². The van der Waals surface area contributed by atoms with Gasteiger partial charge in [-0.2, -0.15) is 0 Å². The second-order valence-corrected chi connectivity index (χ2v) is 4.82. The van der Waals surface area contributed by atoms with Gasteiger partial charge in [0.2, 0.25) is 0 Å². The zero-order chi connectivity index (χ0) is 6.48. The molecule has 0 atom stereocenters. The number of alkyl halides is 1. The van der Waals surface area contributed by atoms with Crippen molar-refractivity contribution in [1.29, 1.82) is 0 Å². The lowest BCUT2D eigenvalue weighted by Crippen LogP contribution is -2.11. The zero-order valence-corrected chi connectivity index (χ0v) is 7.43. The Balaban J connectivity index is 2.23. The number of halogens is 2. The molecule has 0 aromatic heterocycles. The van der Waals surface area contributed by atoms with Crippen LogP contribution in [0, 0.1) is 0 Å². The minimum absolute atomic E-state index is 0.377. The Labute approximate surface area is 68.4 Å². The molecular formula is C7H8BrCl. The normalized spacial score (nSPS) is 30.0. The van der Waals surface area contributed by atoms with E-state index >= 15 is 0 Å². The van der Waals surface area contributed by atoms with Crippen molar-refractivity contribution in [3.05, 3.63) is 10.6 Å². The molecule has 2 heteroatoms. The third-order valence-electron chi connectivity index (χ3n) is 2.15. The van der Waals surface area contributed by atoms with Crippen LogP contribution in [0.15, 0.2) is 10.6 Å². The van der Waals surface area contributed by atoms with Crippen LogP contribution in [0.4, 0.5) is 0 Å². The van der Waals surface area contributed by atoms with Gasteiger partial charge >= 0.3 is 0 Å². The molecule has 0 radical (unpaired) electrons. The van der Waals surface area contributed by atoms with E-state index in [-0.39, 0.29) is 0 Å². The molecule has 1 fully saturated rings. The standard InChI is InChI=1S/C7H8BrCl/c8-7(3-4-7)5-1-2-6(5)9/h1-4H2. The molecule has 0 aromatic carbocycles. The van der Waals surface area contributed by atoms with Crippen molar-refractivity contribution in [2.75, 3.05) is 0 Å². The molecule has 50 valence electrons. The highest BCUT2D eigenvalue weighted by Crippen LogP contribution is 2.57. The summed E-state index contributed by atoms with van der Waals surface area (Å²) >= 11 is 9.55. The van der Waals surface area contributed by atoms with Crippen LogP contribution in [-0.2, 0) is 0 Å². The van der Waals surface area contributed by atoms with Crippen LogP contribution in [0.1, 0.15) is 25.7 Å². The zero-order valence-electron chi connectivity index (χ0n) is 5.08. The molecule has 0 aromatic rings. The Bertz CT molecular complexity index is 179. The maximum Gasteiger partial charge on any atom is 0.0481 e. The van der Waals surface area contributed by atoms with Crippen LogP contribution >= 0.6 is 27.5 Å². The van der Waals surface area contributed by atoms with Gasteiger partial charge in [-0.05, 0) is 31.3 Å². The Morgan fingerprint density at radius 1 is 1.33 bits per heavy atom. The maximum atomic E-state index is 5.89. The maximum absolute atomic E-state index is 5.89. The lowest BCUT2D eigenvalue weighted by molar-refractivity contribution is 0.791. The van der Waals surface area contributed by atoms with E-state index < -0.39 is 0 Å². The minimum atomic E-state index is 0.377. The average molecular weight is 207 g/mol. The first-order chi connectivity index (χ1) is 4.22. The molecular weight excluding hydrogens is 199 g/mol. The van der Waals surface area contributed by atoms with Crippen LogP contribution in [0.25, 0.3) is 0 Å². The fraction of sp³-hybridized carbons (Fsp3) is 0.714. The Hall–Kier alpha value is 0.510. The van der Waals surface area contributed by atoms with Gasteiger partial charge in [-0.15, -0.1) is 0 Å². The summed E-state index contributed by atoms with van der Waals surface area (Å²) in [4.78, 5) is 0. The summed E-state index contributed by atoms with van der Waals surface area (Å²) in [6.07, 6.45) is 4.92. The third kappa shape index (κ3) is 0.857. The van der Waals surface area contributed by atoms with Crippen molar-refractivity contribution in [1.82, 2.24) is 0 Å². The van der Waals surface area contributed by atoms with Crippen LogP contribution < -0.4 is 0 Å². The molecule has 2 rings (SSSR count). The SMILES string of the molecule is ClC1=C(C2(Br)CC2)CC1. The summed E-state index contributed by atoms with van der Waals surface area (Å²) in [6, 6.07) is 0. The quantitative estimate of drug-likeness (QED) is 0.579. The van der Waals surface area contributed by atoms with Crippen LogP contribution in [-0.4, -0.2) is 4.32 Å². The molecule has 0 bridgehead atoms. The molecule has 0 N–H and O–H groups in total. The van der Waals surface area contributed by atoms with E-state index in [9.17, 15) is 0 Å². The third-order valence-corrected chi connectivity index (χ3v) is 3.84. The molecule has 0 spiro atoms. The topological polar surface area (TPSA) is 0 Å². The molecule has 0 amide bonds. The summed E-state index contributed by atoms with van der Waals surface area (Å²) in [5.74, 6) is 0. The van der Waals surface area contributed by atoms with E-state index in [1.165, 1.54) is 24.8 Å². The second kappa shape index (κ2) is 1.76. The van der Waals surface area contributed by atoms with Crippen LogP contribution in [0.5, 0.6) is 0 Å². The molecule has 1 saturated carbocycles. The largest absolute Gasteiger partial charge is 0.0891 e. The van der Waals surface area contributed by atoms with Gasteiger partial charge in [-0.3, -0.25) is 0 Å². The molecule has 2 aliphatic carbocycles. The highest BCUT2D eigenvalue weighted by atomic mass is 79.9. The van der Waals surface area contributed by atoms with Crippen molar-refractivity contribution in [3.63, 3.8) is 0 Å². The molecule has 0 unspecified atom stereocenters. The van der Waals surface area contributed by atoms with E-state index in [0.717, 1.165) is 11.5 Å². The average Bonchev–Trinajstić information content (AvgIpc) is 2.44. The van der Waals surface area contributed by atoms with Crippen molar-refractivity contribution in [2.24, 2.45) is 0 Å². The molecule has 0 saturated heterocycles. The van der Waals surface area contributed by atoms with Gasteiger partial charge in [0.05, 0.1) is 0 Å². The first-order valence-corrected chi connectivity index (χ1v) is 4.46. The number of rotatable bonds is 1. The van der Waals surface area contributed by atoms with Crippen molar-refractivity contribution >= 4 is 27.5 Å². The fourth-order valence-electron chi connectivity index (χ4n) is 1.22. The molecule has 2 aliphatic rings. The van der Waals surface area contributed by atoms with E-state index in [1.807, 2.05) is 0 Å². The predicted octanol–water partition coefficient (Wildman–Crippen LogP) is 3.20. The van der Waals surface area contributed by atoms with Gasteiger partial charge in [0.25, 0.3) is 0 Å². The highest BCUT2D eigenvalue weighted by Gasteiger charge is 2.46. The first kappa shape index (κ1) is 6.23. The summed E-state index contributed by atoms with van der Waals surface area (Å²) in [6.45, 7) is 0. The van der Waals surface area contributed by atoms with Gasteiger partial charge in [0.15, 0.2) is 0 Å². The van der Waals surface area contributed by atoms with Gasteiger partial charge < -0.3 is 0 Å². The van der Waals surface area contributed by atoms with Crippen LogP contribution in [0.2, 0.25) is 0 Å². The molecule has 0 heterocycles. The van der Waals surface area contributed by atoms with E-state index in [4.69, 9.17) is 11.6 Å². The summed E-state index contributed by atoms with van der Waals surface area (Å²) in [7, 11) is 0. The number of hydrogen-bond acceptors (Lipinski definition) is 0. The Morgan fingerprint density at radius 2 is 2.00 bits per heavy atom. The van der Waals surface area contributed by atoms with Gasteiger partial charge in [-0.25, -0.2) is 0 Å². The molecule has 0 nitrogen and oxygen atoms in total. The first-order valence-electron chi connectivity index (χ1n) is 3.29. The fourth-order valence-corrected chi connectivity index (χ4v) is 2.34. The lowest BCUT2D eigenvalue weighted by atomic mass is 9.94. The van der Waals surface area contributed by atoms with Gasteiger partial charge in [-0.1, -0.05) is 27.5 Å². The second-order valence-electron chi connectivity index (χ2n) is 2.85. The van der Waals surface area contributed by atoms with E-state index in [1.54, 1.807) is 0 Å². The smallest absolute Gasteiger partial charge is 0.0481 e. The molecule has 0 aliphatic heterocycles. The summed E-state index contributed by atoms with van der Waals surface area (Å²) in [5, 5.41) is 1.12. The lowest BCUT2D eigenvalue weighted by Gasteiger charge is -2.22. The van der Waals surface area contributed by atoms with Crippen molar-refractivity contribution in [3.8, 4) is 0 Å². The summed E-state index contributed by atoms with van der Waals surface area (Å²) < 4.78 is 0.377. The van der Waals surface area contributed by atoms with Crippen molar-refractivity contribution < 1.29 is 0 Å². The van der Waals surface area contributed by atoms with E-state index in [2.05, 4.69) is 15.9 Å². The number of hydrogen-bond donors (Lipinski definition) is 0. The van der Waals surface area contributed by atoms with Crippen molar-refractivity contribution in [2.45, 2.75) is 30.0 Å². The Kier molecular flexibility index (Phi) is 1.22. The summed E-state index contributed by atoms with van der Waals surface area (Å²) in [5.41, 5.74) is 1.48. The van der Waals surface area contributed by atoms with E-state index in [0.29, 0.717) is 4.32 Å². The minimum Gasteiger partial charge on any atom is -0.0891 e.